The molecule has 2 fully saturated rings. The Morgan fingerprint density at radius 2 is 1.78 bits per heavy atom. The number of nitriles is 1. The Morgan fingerprint density at radius 3 is 2.46 bits per heavy atom. The predicted molar refractivity (Wildman–Crippen MR) is 168 cm³/mol. The van der Waals surface area contributed by atoms with Gasteiger partial charge in [0.05, 0.1) is 12.0 Å². The zero-order chi connectivity index (χ0) is 33.4. The van der Waals surface area contributed by atoms with Gasteiger partial charge in [0.25, 0.3) is 0 Å². The molecule has 1 unspecified atom stereocenters. The fraction of sp³-hybridized carbons (Fsp3) is 0.543. The van der Waals surface area contributed by atoms with Crippen LogP contribution in [-0.2, 0) is 19.1 Å². The monoisotopic (exact) mass is 634 g/mol. The molecular formula is C35H43FN4O6. The predicted octanol–water partition coefficient (Wildman–Crippen LogP) is 5.94. The first-order valence-corrected chi connectivity index (χ1v) is 16.0. The lowest BCUT2D eigenvalue weighted by atomic mass is 9.84. The second-order valence-corrected chi connectivity index (χ2v) is 13.4. The van der Waals surface area contributed by atoms with E-state index in [9.17, 15) is 33.9 Å². The first kappa shape index (κ1) is 34.5. The Bertz CT molecular complexity index is 1470. The van der Waals surface area contributed by atoms with Gasteiger partial charge in [-0.25, -0.2) is 9.18 Å². The molecule has 0 bridgehead atoms. The van der Waals surface area contributed by atoms with E-state index in [-0.39, 0.29) is 42.1 Å². The number of carbonyl (C=O) groups is 4. The molecule has 2 amide bonds. The molecule has 3 heterocycles. The van der Waals surface area contributed by atoms with Crippen molar-refractivity contribution in [1.29, 1.82) is 5.26 Å². The lowest BCUT2D eigenvalue weighted by Gasteiger charge is -2.35. The number of Topliss-reactive ketones (excluding diaryl/α,β-unsaturated/α-hetero) is 1. The van der Waals surface area contributed by atoms with Gasteiger partial charge >= 0.3 is 12.1 Å². The molecule has 246 valence electrons. The van der Waals surface area contributed by atoms with E-state index >= 15 is 0 Å². The number of hydrogen-bond donors (Lipinski definition) is 1. The van der Waals surface area contributed by atoms with Gasteiger partial charge in [-0.3, -0.25) is 19.4 Å². The van der Waals surface area contributed by atoms with Gasteiger partial charge in [-0.05, 0) is 88.1 Å². The van der Waals surface area contributed by atoms with Crippen molar-refractivity contribution < 1.29 is 33.4 Å². The third-order valence-electron chi connectivity index (χ3n) is 8.78. The molecule has 2 saturated heterocycles. The molecule has 4 rings (SSSR count). The number of carboxylic acid groups (broad SMARTS) is 1. The fourth-order valence-electron chi connectivity index (χ4n) is 6.24. The number of hydrogen-bond acceptors (Lipinski definition) is 7. The van der Waals surface area contributed by atoms with Crippen molar-refractivity contribution in [1.82, 2.24) is 14.8 Å². The number of amides is 2. The van der Waals surface area contributed by atoms with Crippen LogP contribution in [0.25, 0.3) is 11.1 Å². The summed E-state index contributed by atoms with van der Waals surface area (Å²) in [7, 11) is 0. The number of rotatable bonds is 10. The summed E-state index contributed by atoms with van der Waals surface area (Å²) in [6.07, 6.45) is 6.57. The number of carbonyl (C=O) groups excluding carboxylic acids is 3. The summed E-state index contributed by atoms with van der Waals surface area (Å²) in [5.74, 6) is -2.42. The van der Waals surface area contributed by atoms with Crippen LogP contribution >= 0.6 is 0 Å². The number of pyridine rings is 1. The Labute approximate surface area is 269 Å². The Kier molecular flexibility index (Phi) is 11.5. The molecule has 0 saturated carbocycles. The van der Waals surface area contributed by atoms with E-state index in [1.165, 1.54) is 24.4 Å². The van der Waals surface area contributed by atoms with Gasteiger partial charge in [0.2, 0.25) is 5.91 Å². The molecule has 1 aromatic heterocycles. The average Bonchev–Trinajstić information content (AvgIpc) is 3.03. The van der Waals surface area contributed by atoms with Gasteiger partial charge < -0.3 is 19.6 Å². The maximum absolute atomic E-state index is 13.9. The van der Waals surface area contributed by atoms with E-state index in [1.54, 1.807) is 22.1 Å². The third kappa shape index (κ3) is 9.59. The summed E-state index contributed by atoms with van der Waals surface area (Å²) in [4.78, 5) is 58.5. The van der Waals surface area contributed by atoms with E-state index in [0.29, 0.717) is 68.0 Å². The molecule has 11 heteroatoms. The van der Waals surface area contributed by atoms with Crippen LogP contribution in [0.2, 0.25) is 0 Å². The van der Waals surface area contributed by atoms with Crippen LogP contribution in [0.1, 0.15) is 89.2 Å². The molecule has 2 atom stereocenters. The van der Waals surface area contributed by atoms with Crippen LogP contribution < -0.4 is 0 Å². The Hall–Kier alpha value is -4.33. The molecule has 10 nitrogen and oxygen atoms in total. The van der Waals surface area contributed by atoms with Crippen LogP contribution in [0, 0.1) is 29.0 Å². The lowest BCUT2D eigenvalue weighted by Crippen LogP contribution is -2.43. The maximum atomic E-state index is 13.9. The van der Waals surface area contributed by atoms with Gasteiger partial charge in [-0.1, -0.05) is 6.07 Å². The van der Waals surface area contributed by atoms with E-state index in [0.717, 1.165) is 19.3 Å². The molecule has 1 N–H and O–H groups in total. The van der Waals surface area contributed by atoms with E-state index in [1.807, 2.05) is 26.8 Å². The van der Waals surface area contributed by atoms with Crippen LogP contribution in [0.4, 0.5) is 9.18 Å². The van der Waals surface area contributed by atoms with Crippen LogP contribution in [0.5, 0.6) is 0 Å². The molecule has 1 aromatic carbocycles. The summed E-state index contributed by atoms with van der Waals surface area (Å²) >= 11 is 0. The molecule has 2 aliphatic heterocycles. The van der Waals surface area contributed by atoms with Crippen molar-refractivity contribution in [2.45, 2.75) is 83.7 Å². The fourth-order valence-corrected chi connectivity index (χ4v) is 6.24. The number of piperidine rings is 2. The van der Waals surface area contributed by atoms with E-state index in [2.05, 4.69) is 4.98 Å². The number of ketones is 1. The van der Waals surface area contributed by atoms with Crippen LogP contribution in [-0.4, -0.2) is 75.4 Å². The van der Waals surface area contributed by atoms with Crippen molar-refractivity contribution >= 4 is 23.8 Å². The van der Waals surface area contributed by atoms with Gasteiger partial charge in [0, 0.05) is 68.8 Å². The SMILES string of the molecule is CC(C)(C)OC(=O)N1CCC(CCC(=O)N2CCC[C@@H](C(=O)CC(CC(=O)O)c3cncc(-c4ccc(F)c(C#N)c4)c3)C2)CC1. The van der Waals surface area contributed by atoms with Gasteiger partial charge in [-0.2, -0.15) is 5.26 Å². The molecule has 0 radical (unpaired) electrons. The lowest BCUT2D eigenvalue weighted by molar-refractivity contribution is -0.137. The van der Waals surface area contributed by atoms with Crippen LogP contribution in [0.3, 0.4) is 0 Å². The molecule has 2 aliphatic rings. The number of carboxylic acids is 1. The first-order chi connectivity index (χ1) is 21.8. The summed E-state index contributed by atoms with van der Waals surface area (Å²) in [6, 6.07) is 7.68. The molecular weight excluding hydrogens is 591 g/mol. The number of halogens is 1. The van der Waals surface area contributed by atoms with Crippen molar-refractivity contribution in [3.63, 3.8) is 0 Å². The van der Waals surface area contributed by atoms with Crippen molar-refractivity contribution in [2.75, 3.05) is 26.2 Å². The highest BCUT2D eigenvalue weighted by molar-refractivity contribution is 5.84. The second-order valence-electron chi connectivity index (χ2n) is 13.4. The Balaban J connectivity index is 1.32. The summed E-state index contributed by atoms with van der Waals surface area (Å²) in [5.41, 5.74) is 1.06. The van der Waals surface area contributed by atoms with Gasteiger partial charge in [0.1, 0.15) is 23.3 Å². The minimum atomic E-state index is -1.05. The maximum Gasteiger partial charge on any atom is 0.410 e. The molecule has 2 aromatic rings. The largest absolute Gasteiger partial charge is 0.481 e. The highest BCUT2D eigenvalue weighted by atomic mass is 19.1. The summed E-state index contributed by atoms with van der Waals surface area (Å²) < 4.78 is 19.3. The normalized spacial score (nSPS) is 18.0. The van der Waals surface area contributed by atoms with Crippen molar-refractivity contribution in [3.8, 4) is 17.2 Å². The standard InChI is InChI=1S/C35H43FN4O6/c1-35(2,3)46-34(45)39-13-10-23(11-14-39)6-9-32(42)40-12-4-5-25(22-40)31(41)17-26(18-33(43)44)29-16-28(20-38-21-29)24-7-8-30(36)27(15-24)19-37/h7-8,15-16,20-21,23,25-26H,4-6,9-14,17-18,22H2,1-3H3,(H,43,44)/t25-,26?/m1/s1. The third-order valence-corrected chi connectivity index (χ3v) is 8.78. The number of benzene rings is 1. The Morgan fingerprint density at radius 1 is 1.04 bits per heavy atom. The molecule has 0 spiro atoms. The number of nitrogens with zero attached hydrogens (tertiary/aromatic N) is 4. The molecule has 46 heavy (non-hydrogen) atoms. The number of likely N-dealkylation sites (tertiary alicyclic amines) is 2. The minimum absolute atomic E-state index is 0.00673. The quantitative estimate of drug-likeness (QED) is 0.338. The summed E-state index contributed by atoms with van der Waals surface area (Å²) in [5, 5.41) is 18.8. The number of aliphatic carboxylic acids is 1. The van der Waals surface area contributed by atoms with Gasteiger partial charge in [0.15, 0.2) is 0 Å². The van der Waals surface area contributed by atoms with Crippen LogP contribution in [0.15, 0.2) is 36.7 Å². The number of aromatic nitrogens is 1. The minimum Gasteiger partial charge on any atom is -0.481 e. The highest BCUT2D eigenvalue weighted by Gasteiger charge is 2.32. The topological polar surface area (TPSA) is 141 Å². The van der Waals surface area contributed by atoms with Crippen molar-refractivity contribution in [3.05, 3.63) is 53.6 Å². The van der Waals surface area contributed by atoms with E-state index < -0.39 is 23.3 Å². The molecule has 0 aliphatic carbocycles. The first-order valence-electron chi connectivity index (χ1n) is 16.0. The smallest absolute Gasteiger partial charge is 0.410 e. The second kappa shape index (κ2) is 15.3. The number of ether oxygens (including phenoxy) is 1. The van der Waals surface area contributed by atoms with Gasteiger partial charge in [-0.15, -0.1) is 0 Å². The zero-order valence-corrected chi connectivity index (χ0v) is 26.8. The zero-order valence-electron chi connectivity index (χ0n) is 26.8. The summed E-state index contributed by atoms with van der Waals surface area (Å²) in [6.45, 7) is 7.65. The van der Waals surface area contributed by atoms with E-state index in [4.69, 9.17) is 4.74 Å². The van der Waals surface area contributed by atoms with Crippen molar-refractivity contribution in [2.24, 2.45) is 11.8 Å². The average molecular weight is 635 g/mol. The highest BCUT2D eigenvalue weighted by Crippen LogP contribution is 2.31.